The summed E-state index contributed by atoms with van der Waals surface area (Å²) in [5.41, 5.74) is 1.03. The summed E-state index contributed by atoms with van der Waals surface area (Å²) in [6, 6.07) is 9.94. The lowest BCUT2D eigenvalue weighted by Crippen LogP contribution is -2.55. The largest absolute Gasteiger partial charge is 0.481 e. The topological polar surface area (TPSA) is 81.1 Å². The van der Waals surface area contributed by atoms with Crippen molar-refractivity contribution in [3.63, 3.8) is 0 Å². The molecule has 2 heterocycles. The molecule has 1 aromatic rings. The van der Waals surface area contributed by atoms with Crippen LogP contribution < -0.4 is 4.90 Å². The zero-order chi connectivity index (χ0) is 17.1. The predicted octanol–water partition coefficient (Wildman–Crippen LogP) is 1.76. The molecule has 0 bridgehead atoms. The van der Waals surface area contributed by atoms with Crippen LogP contribution >= 0.6 is 0 Å². The summed E-state index contributed by atoms with van der Waals surface area (Å²) in [4.78, 5) is 27.2. The van der Waals surface area contributed by atoms with Gasteiger partial charge in [0.25, 0.3) is 0 Å². The minimum atomic E-state index is -0.771. The third-order valence-corrected chi connectivity index (χ3v) is 5.22. The van der Waals surface area contributed by atoms with E-state index in [1.54, 1.807) is 0 Å². The Kier molecular flexibility index (Phi) is 5.04. The number of hydrogen-bond donors (Lipinski definition) is 2. The number of carboxylic acid groups (broad SMARTS) is 2. The molecule has 0 aromatic heterocycles. The van der Waals surface area contributed by atoms with Crippen LogP contribution in [-0.4, -0.2) is 59.3 Å². The molecule has 130 valence electrons. The number of benzene rings is 1. The standard InChI is InChI=1S/C18H24N2O4/c21-17(22)13-5-4-8-19(10-13)16-9-14(18(23)24)11-20(12-16)15-6-2-1-3-7-15/h1-3,6-7,13-14,16H,4-5,8-12H2,(H,21,22)(H,23,24). The van der Waals surface area contributed by atoms with Crippen LogP contribution in [0.15, 0.2) is 30.3 Å². The minimum Gasteiger partial charge on any atom is -0.481 e. The summed E-state index contributed by atoms with van der Waals surface area (Å²) in [6.07, 6.45) is 2.16. The molecule has 2 N–H and O–H groups in total. The fourth-order valence-electron chi connectivity index (χ4n) is 3.91. The van der Waals surface area contributed by atoms with Crippen molar-refractivity contribution in [2.24, 2.45) is 11.8 Å². The van der Waals surface area contributed by atoms with E-state index in [1.807, 2.05) is 30.3 Å². The highest BCUT2D eigenvalue weighted by Crippen LogP contribution is 2.29. The monoisotopic (exact) mass is 332 g/mol. The third-order valence-electron chi connectivity index (χ3n) is 5.22. The van der Waals surface area contributed by atoms with Crippen LogP contribution in [0.2, 0.25) is 0 Å². The van der Waals surface area contributed by atoms with Gasteiger partial charge in [-0.05, 0) is 37.9 Å². The number of anilines is 1. The molecular weight excluding hydrogens is 308 g/mol. The molecule has 1 aromatic carbocycles. The number of carboxylic acids is 2. The second kappa shape index (κ2) is 7.21. The van der Waals surface area contributed by atoms with E-state index in [1.165, 1.54) is 0 Å². The van der Waals surface area contributed by atoms with Crippen molar-refractivity contribution in [1.82, 2.24) is 4.90 Å². The Morgan fingerprint density at radius 3 is 2.33 bits per heavy atom. The van der Waals surface area contributed by atoms with Gasteiger partial charge in [-0.2, -0.15) is 0 Å². The molecule has 0 radical (unpaired) electrons. The Morgan fingerprint density at radius 1 is 0.958 bits per heavy atom. The lowest BCUT2D eigenvalue weighted by molar-refractivity contribution is -0.146. The first-order valence-corrected chi connectivity index (χ1v) is 8.54. The van der Waals surface area contributed by atoms with Gasteiger partial charge in [-0.15, -0.1) is 0 Å². The second-order valence-electron chi connectivity index (χ2n) is 6.84. The minimum absolute atomic E-state index is 0.0854. The summed E-state index contributed by atoms with van der Waals surface area (Å²) in [5, 5.41) is 18.8. The van der Waals surface area contributed by atoms with E-state index in [0.717, 1.165) is 25.2 Å². The molecule has 3 rings (SSSR count). The van der Waals surface area contributed by atoms with E-state index in [0.29, 0.717) is 25.9 Å². The molecule has 3 unspecified atom stereocenters. The molecule has 0 amide bonds. The molecule has 0 saturated carbocycles. The summed E-state index contributed by atoms with van der Waals surface area (Å²) in [5.74, 6) is -2.28. The SMILES string of the molecule is O=C(O)C1CC(N2CCCC(C(=O)O)C2)CN(c2ccccc2)C1. The zero-order valence-electron chi connectivity index (χ0n) is 13.7. The molecular formula is C18H24N2O4. The maximum Gasteiger partial charge on any atom is 0.308 e. The maximum atomic E-state index is 11.6. The molecule has 24 heavy (non-hydrogen) atoms. The molecule has 6 nitrogen and oxygen atoms in total. The number of likely N-dealkylation sites (tertiary alicyclic amines) is 1. The fraction of sp³-hybridized carbons (Fsp3) is 0.556. The first kappa shape index (κ1) is 16.8. The van der Waals surface area contributed by atoms with Crippen LogP contribution in [0.3, 0.4) is 0 Å². The molecule has 3 atom stereocenters. The van der Waals surface area contributed by atoms with Crippen molar-refractivity contribution in [3.8, 4) is 0 Å². The van der Waals surface area contributed by atoms with E-state index < -0.39 is 17.9 Å². The Bertz CT molecular complexity index is 592. The van der Waals surface area contributed by atoms with Crippen molar-refractivity contribution in [2.45, 2.75) is 25.3 Å². The molecule has 0 aliphatic carbocycles. The van der Waals surface area contributed by atoms with Gasteiger partial charge in [-0.1, -0.05) is 18.2 Å². The molecule has 2 fully saturated rings. The average molecular weight is 332 g/mol. The number of carbonyl (C=O) groups is 2. The van der Waals surface area contributed by atoms with Crippen LogP contribution in [0.1, 0.15) is 19.3 Å². The number of nitrogens with zero attached hydrogens (tertiary/aromatic N) is 2. The Hall–Kier alpha value is -2.08. The van der Waals surface area contributed by atoms with E-state index in [-0.39, 0.29) is 12.0 Å². The normalized spacial score (nSPS) is 28.5. The average Bonchev–Trinajstić information content (AvgIpc) is 2.62. The number of para-hydroxylation sites is 1. The fourth-order valence-corrected chi connectivity index (χ4v) is 3.91. The van der Waals surface area contributed by atoms with Gasteiger partial charge in [0.1, 0.15) is 0 Å². The first-order chi connectivity index (χ1) is 11.5. The van der Waals surface area contributed by atoms with Crippen molar-refractivity contribution >= 4 is 17.6 Å². The number of rotatable bonds is 4. The van der Waals surface area contributed by atoms with Crippen LogP contribution in [0, 0.1) is 11.8 Å². The van der Waals surface area contributed by atoms with Crippen LogP contribution in [0.25, 0.3) is 0 Å². The first-order valence-electron chi connectivity index (χ1n) is 8.54. The summed E-state index contributed by atoms with van der Waals surface area (Å²) >= 11 is 0. The summed E-state index contributed by atoms with van der Waals surface area (Å²) in [7, 11) is 0. The van der Waals surface area contributed by atoms with Crippen molar-refractivity contribution in [1.29, 1.82) is 0 Å². The van der Waals surface area contributed by atoms with E-state index in [9.17, 15) is 19.8 Å². The number of aliphatic carboxylic acids is 2. The smallest absolute Gasteiger partial charge is 0.308 e. The Labute approximate surface area is 141 Å². The Morgan fingerprint density at radius 2 is 1.67 bits per heavy atom. The molecule has 2 saturated heterocycles. The van der Waals surface area contributed by atoms with Crippen LogP contribution in [-0.2, 0) is 9.59 Å². The van der Waals surface area contributed by atoms with Gasteiger partial charge < -0.3 is 15.1 Å². The van der Waals surface area contributed by atoms with Crippen molar-refractivity contribution in [3.05, 3.63) is 30.3 Å². The molecule has 0 spiro atoms. The van der Waals surface area contributed by atoms with Gasteiger partial charge in [0.15, 0.2) is 0 Å². The lowest BCUT2D eigenvalue weighted by Gasteiger charge is -2.44. The van der Waals surface area contributed by atoms with E-state index >= 15 is 0 Å². The molecule has 2 aliphatic rings. The van der Waals surface area contributed by atoms with Gasteiger partial charge in [0, 0.05) is 31.4 Å². The van der Waals surface area contributed by atoms with Gasteiger partial charge in [-0.3, -0.25) is 14.5 Å². The van der Waals surface area contributed by atoms with Crippen LogP contribution in [0.5, 0.6) is 0 Å². The zero-order valence-corrected chi connectivity index (χ0v) is 13.7. The van der Waals surface area contributed by atoms with Crippen molar-refractivity contribution in [2.75, 3.05) is 31.1 Å². The van der Waals surface area contributed by atoms with Crippen LogP contribution in [0.4, 0.5) is 5.69 Å². The molecule has 2 aliphatic heterocycles. The predicted molar refractivity (Wildman–Crippen MR) is 90.1 cm³/mol. The number of piperidine rings is 2. The van der Waals surface area contributed by atoms with Gasteiger partial charge in [0.05, 0.1) is 11.8 Å². The van der Waals surface area contributed by atoms with Gasteiger partial charge >= 0.3 is 11.9 Å². The lowest BCUT2D eigenvalue weighted by atomic mass is 9.89. The third kappa shape index (κ3) is 3.70. The summed E-state index contributed by atoms with van der Waals surface area (Å²) in [6.45, 7) is 2.63. The highest BCUT2D eigenvalue weighted by atomic mass is 16.4. The van der Waals surface area contributed by atoms with Crippen molar-refractivity contribution < 1.29 is 19.8 Å². The summed E-state index contributed by atoms with van der Waals surface area (Å²) < 4.78 is 0. The Balaban J connectivity index is 1.76. The highest BCUT2D eigenvalue weighted by Gasteiger charge is 2.37. The quantitative estimate of drug-likeness (QED) is 0.874. The highest BCUT2D eigenvalue weighted by molar-refractivity contribution is 5.72. The van der Waals surface area contributed by atoms with E-state index in [2.05, 4.69) is 9.80 Å². The van der Waals surface area contributed by atoms with Gasteiger partial charge in [0.2, 0.25) is 0 Å². The van der Waals surface area contributed by atoms with Gasteiger partial charge in [-0.25, -0.2) is 0 Å². The van der Waals surface area contributed by atoms with E-state index in [4.69, 9.17) is 0 Å². The number of hydrogen-bond acceptors (Lipinski definition) is 4. The maximum absolute atomic E-state index is 11.6. The molecule has 6 heteroatoms. The second-order valence-corrected chi connectivity index (χ2v) is 6.84.